The van der Waals surface area contributed by atoms with E-state index in [0.717, 1.165) is 44.2 Å². The first-order chi connectivity index (χ1) is 10.4. The van der Waals surface area contributed by atoms with E-state index >= 15 is 0 Å². The Kier molecular flexibility index (Phi) is 3.89. The molecule has 0 aliphatic heterocycles. The smallest absolute Gasteiger partial charge is 0.307 e. The topological polar surface area (TPSA) is 75.3 Å². The van der Waals surface area contributed by atoms with Gasteiger partial charge in [-0.15, -0.1) is 0 Å². The first kappa shape index (κ1) is 15.3. The first-order valence-corrected chi connectivity index (χ1v) is 9.42. The lowest BCUT2D eigenvalue weighted by atomic mass is 9.99. The lowest BCUT2D eigenvalue weighted by Gasteiger charge is -2.17. The molecule has 5 nitrogen and oxygen atoms in total. The number of fused-ring (bicyclic) bond motifs is 2. The molecule has 0 fully saturated rings. The molecular formula is C16H22N2O3S. The number of anilines is 1. The lowest BCUT2D eigenvalue weighted by Crippen LogP contribution is -2.39. The standard InChI is InChI=1S/C16H22N2O3S/c1-10(2)22(20,21)18-16(19)17-15-13-7-3-5-11(13)9-12-6-4-8-14(12)15/h9-10H,3-8H2,1-2H3,(H2,17,18,19). The van der Waals surface area contributed by atoms with Gasteiger partial charge >= 0.3 is 6.03 Å². The number of aryl methyl sites for hydroxylation is 2. The summed E-state index contributed by atoms with van der Waals surface area (Å²) in [6.45, 7) is 3.10. The molecule has 22 heavy (non-hydrogen) atoms. The molecule has 2 aliphatic carbocycles. The number of carbonyl (C=O) groups is 1. The second-order valence-electron chi connectivity index (χ2n) is 6.38. The highest BCUT2D eigenvalue weighted by atomic mass is 32.2. The van der Waals surface area contributed by atoms with Crippen molar-refractivity contribution in [2.45, 2.75) is 57.6 Å². The van der Waals surface area contributed by atoms with E-state index in [4.69, 9.17) is 0 Å². The molecule has 0 bridgehead atoms. The van der Waals surface area contributed by atoms with Crippen molar-refractivity contribution < 1.29 is 13.2 Å². The fourth-order valence-electron chi connectivity index (χ4n) is 3.35. The summed E-state index contributed by atoms with van der Waals surface area (Å²) in [4.78, 5) is 12.1. The molecule has 2 aliphatic rings. The van der Waals surface area contributed by atoms with Crippen molar-refractivity contribution in [3.05, 3.63) is 28.3 Å². The molecule has 3 rings (SSSR count). The quantitative estimate of drug-likeness (QED) is 0.898. The average molecular weight is 322 g/mol. The monoisotopic (exact) mass is 322 g/mol. The number of urea groups is 1. The minimum Gasteiger partial charge on any atom is -0.307 e. The van der Waals surface area contributed by atoms with Crippen LogP contribution in [0.4, 0.5) is 10.5 Å². The summed E-state index contributed by atoms with van der Waals surface area (Å²) in [6, 6.07) is 1.63. The third-order valence-corrected chi connectivity index (χ3v) is 6.28. The van der Waals surface area contributed by atoms with E-state index in [2.05, 4.69) is 16.1 Å². The molecule has 1 aromatic rings. The van der Waals surface area contributed by atoms with Crippen LogP contribution >= 0.6 is 0 Å². The van der Waals surface area contributed by atoms with E-state index in [1.165, 1.54) is 22.3 Å². The molecule has 0 spiro atoms. The van der Waals surface area contributed by atoms with Gasteiger partial charge in [0.2, 0.25) is 10.0 Å². The van der Waals surface area contributed by atoms with E-state index in [0.29, 0.717) is 0 Å². The molecule has 2 N–H and O–H groups in total. The summed E-state index contributed by atoms with van der Waals surface area (Å²) >= 11 is 0. The van der Waals surface area contributed by atoms with E-state index in [9.17, 15) is 13.2 Å². The average Bonchev–Trinajstić information content (AvgIpc) is 3.05. The van der Waals surface area contributed by atoms with Gasteiger partial charge in [-0.2, -0.15) is 0 Å². The number of rotatable bonds is 3. The SMILES string of the molecule is CC(C)S(=O)(=O)NC(=O)Nc1c2c(cc3c1CCC3)CCC2. The summed E-state index contributed by atoms with van der Waals surface area (Å²) in [7, 11) is -3.61. The van der Waals surface area contributed by atoms with Crippen molar-refractivity contribution in [2.75, 3.05) is 5.32 Å². The predicted molar refractivity (Wildman–Crippen MR) is 86.7 cm³/mol. The lowest BCUT2D eigenvalue weighted by molar-refractivity contribution is 0.256. The zero-order valence-corrected chi connectivity index (χ0v) is 13.8. The Hall–Kier alpha value is -1.56. The Labute approximate surface area is 131 Å². The van der Waals surface area contributed by atoms with Gasteiger partial charge in [0.25, 0.3) is 0 Å². The zero-order chi connectivity index (χ0) is 15.9. The van der Waals surface area contributed by atoms with E-state index in [1.807, 2.05) is 0 Å². The molecule has 120 valence electrons. The summed E-state index contributed by atoms with van der Waals surface area (Å²) in [5.74, 6) is 0. The van der Waals surface area contributed by atoms with E-state index in [1.54, 1.807) is 13.8 Å². The zero-order valence-electron chi connectivity index (χ0n) is 13.0. The van der Waals surface area contributed by atoms with Crippen LogP contribution in [0, 0.1) is 0 Å². The number of amides is 2. The largest absolute Gasteiger partial charge is 0.332 e. The maximum Gasteiger partial charge on any atom is 0.332 e. The minimum absolute atomic E-state index is 0.634. The van der Waals surface area contributed by atoms with Gasteiger partial charge in [0.15, 0.2) is 0 Å². The normalized spacial score (nSPS) is 16.5. The van der Waals surface area contributed by atoms with Crippen molar-refractivity contribution in [1.82, 2.24) is 4.72 Å². The highest BCUT2D eigenvalue weighted by Gasteiger charge is 2.26. The molecule has 0 radical (unpaired) electrons. The minimum atomic E-state index is -3.61. The second kappa shape index (κ2) is 5.57. The number of carbonyl (C=O) groups excluding carboxylic acids is 1. The van der Waals surface area contributed by atoms with E-state index < -0.39 is 21.3 Å². The van der Waals surface area contributed by atoms with Crippen molar-refractivity contribution in [3.8, 4) is 0 Å². The molecule has 0 atom stereocenters. The third kappa shape index (κ3) is 2.72. The Balaban J connectivity index is 1.89. The molecular weight excluding hydrogens is 300 g/mol. The summed E-state index contributed by atoms with van der Waals surface area (Å²) in [6.07, 6.45) is 6.19. The third-order valence-electron chi connectivity index (χ3n) is 4.57. The van der Waals surface area contributed by atoms with Crippen molar-refractivity contribution in [3.63, 3.8) is 0 Å². The van der Waals surface area contributed by atoms with Crippen LogP contribution < -0.4 is 10.0 Å². The van der Waals surface area contributed by atoms with Crippen LogP contribution in [0.1, 0.15) is 48.9 Å². The van der Waals surface area contributed by atoms with Crippen LogP contribution in [-0.2, 0) is 35.7 Å². The predicted octanol–water partition coefficient (Wildman–Crippen LogP) is 2.52. The number of sulfonamides is 1. The van der Waals surface area contributed by atoms with E-state index in [-0.39, 0.29) is 0 Å². The Morgan fingerprint density at radius 3 is 2.09 bits per heavy atom. The summed E-state index contributed by atoms with van der Waals surface area (Å²) < 4.78 is 25.8. The molecule has 0 unspecified atom stereocenters. The molecule has 2 amide bonds. The van der Waals surface area contributed by atoms with Crippen LogP contribution in [0.3, 0.4) is 0 Å². The molecule has 6 heteroatoms. The first-order valence-electron chi connectivity index (χ1n) is 7.87. The van der Waals surface area contributed by atoms with Crippen LogP contribution in [0.5, 0.6) is 0 Å². The van der Waals surface area contributed by atoms with Gasteiger partial charge in [0, 0.05) is 5.69 Å². The molecule has 0 saturated carbocycles. The van der Waals surface area contributed by atoms with Crippen molar-refractivity contribution >= 4 is 21.7 Å². The van der Waals surface area contributed by atoms with Gasteiger partial charge in [-0.1, -0.05) is 6.07 Å². The van der Waals surface area contributed by atoms with Gasteiger partial charge in [0.1, 0.15) is 0 Å². The Bertz CT molecular complexity index is 691. The molecule has 0 heterocycles. The maximum absolute atomic E-state index is 12.1. The van der Waals surface area contributed by atoms with Gasteiger partial charge < -0.3 is 5.32 Å². The highest BCUT2D eigenvalue weighted by molar-refractivity contribution is 7.90. The molecule has 0 saturated heterocycles. The Morgan fingerprint density at radius 1 is 1.05 bits per heavy atom. The Morgan fingerprint density at radius 2 is 1.59 bits per heavy atom. The van der Waals surface area contributed by atoms with Crippen molar-refractivity contribution in [2.24, 2.45) is 0 Å². The fraction of sp³-hybridized carbons (Fsp3) is 0.562. The molecule has 0 aromatic heterocycles. The number of hydrogen-bond donors (Lipinski definition) is 2. The molecule has 1 aromatic carbocycles. The van der Waals surface area contributed by atoms with Gasteiger partial charge in [-0.3, -0.25) is 0 Å². The number of hydrogen-bond acceptors (Lipinski definition) is 3. The fourth-order valence-corrected chi connectivity index (χ4v) is 3.90. The van der Waals surface area contributed by atoms with Gasteiger partial charge in [0.05, 0.1) is 5.25 Å². The summed E-state index contributed by atoms with van der Waals surface area (Å²) in [5, 5.41) is 2.19. The van der Waals surface area contributed by atoms with Crippen LogP contribution in [0.25, 0.3) is 0 Å². The highest BCUT2D eigenvalue weighted by Crippen LogP contribution is 2.38. The van der Waals surface area contributed by atoms with Gasteiger partial charge in [-0.05, 0) is 74.6 Å². The number of benzene rings is 1. The van der Waals surface area contributed by atoms with Crippen molar-refractivity contribution in [1.29, 1.82) is 0 Å². The summed E-state index contributed by atoms with van der Waals surface area (Å²) in [5.41, 5.74) is 5.86. The maximum atomic E-state index is 12.1. The number of nitrogens with one attached hydrogen (secondary N) is 2. The second-order valence-corrected chi connectivity index (χ2v) is 8.62. The van der Waals surface area contributed by atoms with Crippen LogP contribution in [0.2, 0.25) is 0 Å². The van der Waals surface area contributed by atoms with Gasteiger partial charge in [-0.25, -0.2) is 17.9 Å². The van der Waals surface area contributed by atoms with Crippen LogP contribution in [0.15, 0.2) is 6.07 Å². The van der Waals surface area contributed by atoms with Crippen LogP contribution in [-0.4, -0.2) is 19.7 Å².